The Kier molecular flexibility index (Phi) is 5.96. The van der Waals surface area contributed by atoms with E-state index in [1.54, 1.807) is 31.2 Å². The van der Waals surface area contributed by atoms with Crippen LogP contribution in [-0.2, 0) is 22.6 Å². The van der Waals surface area contributed by atoms with Crippen LogP contribution in [0.4, 0.5) is 0 Å². The Balaban J connectivity index is 1.97. The summed E-state index contributed by atoms with van der Waals surface area (Å²) in [6, 6.07) is 14.3. The van der Waals surface area contributed by atoms with Crippen molar-refractivity contribution in [2.24, 2.45) is 0 Å². The summed E-state index contributed by atoms with van der Waals surface area (Å²) in [5.74, 6) is -0.503. The number of ether oxygens (including phenoxy) is 1. The fourth-order valence-electron chi connectivity index (χ4n) is 3.51. The molecule has 0 aliphatic rings. The molecule has 2 aromatic carbocycles. The van der Waals surface area contributed by atoms with E-state index in [-0.39, 0.29) is 30.9 Å². The van der Waals surface area contributed by atoms with Crippen molar-refractivity contribution in [3.63, 3.8) is 0 Å². The standard InChI is InChI=1S/C23H21ClN4O4/c1-3-32-19(29)13-26-14-25-21-20(26)22(30)27(12-16-9-7-15(2)8-10-16)23(31)28(21)18-6-4-5-17(24)11-18/h4-11,14H,3,12-13H2,1-2H3. The van der Waals surface area contributed by atoms with Gasteiger partial charge >= 0.3 is 11.7 Å². The molecule has 0 radical (unpaired) electrons. The zero-order valence-electron chi connectivity index (χ0n) is 17.6. The molecule has 8 nitrogen and oxygen atoms in total. The molecule has 4 rings (SSSR count). The highest BCUT2D eigenvalue weighted by atomic mass is 35.5. The van der Waals surface area contributed by atoms with Gasteiger partial charge in [0, 0.05) is 5.02 Å². The molecule has 0 atom stereocenters. The van der Waals surface area contributed by atoms with Crippen LogP contribution in [-0.4, -0.2) is 31.3 Å². The number of nitrogens with zero attached hydrogens (tertiary/aromatic N) is 4. The average molecular weight is 453 g/mol. The topological polar surface area (TPSA) is 88.1 Å². The predicted molar refractivity (Wildman–Crippen MR) is 122 cm³/mol. The molecule has 0 aliphatic carbocycles. The summed E-state index contributed by atoms with van der Waals surface area (Å²) in [4.78, 5) is 43.2. The second-order valence-corrected chi connectivity index (χ2v) is 7.76. The van der Waals surface area contributed by atoms with Crippen molar-refractivity contribution in [2.45, 2.75) is 26.9 Å². The van der Waals surface area contributed by atoms with Gasteiger partial charge in [0.25, 0.3) is 5.56 Å². The number of hydrogen-bond donors (Lipinski definition) is 0. The molecule has 0 N–H and O–H groups in total. The molecule has 0 unspecified atom stereocenters. The molecule has 0 aliphatic heterocycles. The Hall–Kier alpha value is -3.65. The lowest BCUT2D eigenvalue weighted by atomic mass is 10.1. The second-order valence-electron chi connectivity index (χ2n) is 7.32. The molecular weight excluding hydrogens is 432 g/mol. The van der Waals surface area contributed by atoms with Gasteiger partial charge in [0.05, 0.1) is 25.2 Å². The van der Waals surface area contributed by atoms with Crippen LogP contribution in [0.25, 0.3) is 16.9 Å². The summed E-state index contributed by atoms with van der Waals surface area (Å²) in [5.41, 5.74) is 1.52. The van der Waals surface area contributed by atoms with E-state index in [4.69, 9.17) is 16.3 Å². The molecule has 164 valence electrons. The van der Waals surface area contributed by atoms with E-state index in [1.807, 2.05) is 31.2 Å². The number of carbonyl (C=O) groups is 1. The van der Waals surface area contributed by atoms with Crippen molar-refractivity contribution >= 4 is 28.7 Å². The minimum atomic E-state index is -0.549. The molecule has 0 saturated heterocycles. The van der Waals surface area contributed by atoms with Crippen LogP contribution >= 0.6 is 11.6 Å². The van der Waals surface area contributed by atoms with Crippen LogP contribution < -0.4 is 11.2 Å². The summed E-state index contributed by atoms with van der Waals surface area (Å²) in [7, 11) is 0. The van der Waals surface area contributed by atoms with Crippen LogP contribution in [0.3, 0.4) is 0 Å². The van der Waals surface area contributed by atoms with Crippen molar-refractivity contribution in [1.29, 1.82) is 0 Å². The maximum absolute atomic E-state index is 13.5. The zero-order chi connectivity index (χ0) is 22.8. The van der Waals surface area contributed by atoms with Crippen molar-refractivity contribution in [3.05, 3.63) is 91.8 Å². The Bertz CT molecular complexity index is 1420. The van der Waals surface area contributed by atoms with Gasteiger partial charge in [-0.05, 0) is 37.6 Å². The number of aryl methyl sites for hydroxylation is 1. The van der Waals surface area contributed by atoms with E-state index in [9.17, 15) is 14.4 Å². The number of carbonyl (C=O) groups excluding carboxylic acids is 1. The van der Waals surface area contributed by atoms with Gasteiger partial charge in [-0.1, -0.05) is 47.5 Å². The number of fused-ring (bicyclic) bond motifs is 1. The number of aromatic nitrogens is 4. The fourth-order valence-corrected chi connectivity index (χ4v) is 3.69. The van der Waals surface area contributed by atoms with E-state index in [0.29, 0.717) is 10.7 Å². The van der Waals surface area contributed by atoms with E-state index in [1.165, 1.54) is 15.5 Å². The molecule has 0 bridgehead atoms. The van der Waals surface area contributed by atoms with Crippen molar-refractivity contribution in [2.75, 3.05) is 6.61 Å². The molecule has 2 heterocycles. The summed E-state index contributed by atoms with van der Waals surface area (Å²) < 4.78 is 8.89. The number of halogens is 1. The van der Waals surface area contributed by atoms with Gasteiger partial charge < -0.3 is 9.30 Å². The smallest absolute Gasteiger partial charge is 0.337 e. The molecule has 0 amide bonds. The van der Waals surface area contributed by atoms with Gasteiger partial charge in [-0.3, -0.25) is 14.2 Å². The van der Waals surface area contributed by atoms with Crippen LogP contribution in [0.15, 0.2) is 64.4 Å². The highest BCUT2D eigenvalue weighted by Gasteiger charge is 2.21. The third-order valence-corrected chi connectivity index (χ3v) is 5.27. The highest BCUT2D eigenvalue weighted by molar-refractivity contribution is 6.30. The van der Waals surface area contributed by atoms with Crippen LogP contribution in [0.5, 0.6) is 0 Å². The zero-order valence-corrected chi connectivity index (χ0v) is 18.4. The van der Waals surface area contributed by atoms with Crippen molar-refractivity contribution in [1.82, 2.24) is 18.7 Å². The largest absolute Gasteiger partial charge is 0.465 e. The summed E-state index contributed by atoms with van der Waals surface area (Å²) >= 11 is 6.15. The first-order valence-corrected chi connectivity index (χ1v) is 10.4. The Morgan fingerprint density at radius 3 is 2.56 bits per heavy atom. The van der Waals surface area contributed by atoms with Crippen LogP contribution in [0.2, 0.25) is 5.02 Å². The minimum absolute atomic E-state index is 0.0685. The minimum Gasteiger partial charge on any atom is -0.465 e. The third kappa shape index (κ3) is 4.09. The molecule has 2 aromatic heterocycles. The highest BCUT2D eigenvalue weighted by Crippen LogP contribution is 2.17. The van der Waals surface area contributed by atoms with E-state index in [2.05, 4.69) is 4.98 Å². The summed E-state index contributed by atoms with van der Waals surface area (Å²) in [6.07, 6.45) is 1.36. The summed E-state index contributed by atoms with van der Waals surface area (Å²) in [5, 5.41) is 0.435. The van der Waals surface area contributed by atoms with Crippen LogP contribution in [0, 0.1) is 6.92 Å². The molecule has 0 spiro atoms. The molecule has 0 fully saturated rings. The van der Waals surface area contributed by atoms with Gasteiger partial charge in [-0.15, -0.1) is 0 Å². The normalized spacial score (nSPS) is 11.1. The van der Waals surface area contributed by atoms with Gasteiger partial charge in [0.15, 0.2) is 11.2 Å². The molecule has 32 heavy (non-hydrogen) atoms. The predicted octanol–water partition coefficient (Wildman–Crippen LogP) is 2.92. The van der Waals surface area contributed by atoms with E-state index >= 15 is 0 Å². The maximum atomic E-state index is 13.5. The number of benzene rings is 2. The van der Waals surface area contributed by atoms with Gasteiger partial charge in [0.2, 0.25) is 0 Å². The Morgan fingerprint density at radius 2 is 1.88 bits per heavy atom. The first-order valence-electron chi connectivity index (χ1n) is 10.1. The van der Waals surface area contributed by atoms with Crippen molar-refractivity contribution in [3.8, 4) is 5.69 Å². The maximum Gasteiger partial charge on any atom is 0.337 e. The van der Waals surface area contributed by atoms with Gasteiger partial charge in [-0.2, -0.15) is 0 Å². The van der Waals surface area contributed by atoms with E-state index < -0.39 is 17.2 Å². The molecular formula is C23H21ClN4O4. The Labute approximate surface area is 188 Å². The monoisotopic (exact) mass is 452 g/mol. The fraction of sp³-hybridized carbons (Fsp3) is 0.217. The number of hydrogen-bond acceptors (Lipinski definition) is 5. The lowest BCUT2D eigenvalue weighted by molar-refractivity contribution is -0.143. The molecule has 0 saturated carbocycles. The SMILES string of the molecule is CCOC(=O)Cn1cnc2c1c(=O)n(Cc1ccc(C)cc1)c(=O)n2-c1cccc(Cl)c1. The van der Waals surface area contributed by atoms with Gasteiger partial charge in [0.1, 0.15) is 6.54 Å². The van der Waals surface area contributed by atoms with Gasteiger partial charge in [-0.25, -0.2) is 14.3 Å². The van der Waals surface area contributed by atoms with Crippen LogP contribution in [0.1, 0.15) is 18.1 Å². The third-order valence-electron chi connectivity index (χ3n) is 5.03. The number of esters is 1. The number of rotatable bonds is 6. The second kappa shape index (κ2) is 8.84. The lowest BCUT2D eigenvalue weighted by Crippen LogP contribution is -2.40. The quantitative estimate of drug-likeness (QED) is 0.420. The first-order chi connectivity index (χ1) is 15.4. The molecule has 4 aromatic rings. The molecule has 9 heteroatoms. The van der Waals surface area contributed by atoms with Crippen molar-refractivity contribution < 1.29 is 9.53 Å². The first kappa shape index (κ1) is 21.6. The summed E-state index contributed by atoms with van der Waals surface area (Å²) in [6.45, 7) is 3.75. The average Bonchev–Trinajstić information content (AvgIpc) is 3.16. The van der Waals surface area contributed by atoms with E-state index in [0.717, 1.165) is 15.7 Å². The number of imidazole rings is 1. The Morgan fingerprint density at radius 1 is 1.12 bits per heavy atom. The lowest BCUT2D eigenvalue weighted by Gasteiger charge is -2.13.